The van der Waals surface area contributed by atoms with Crippen molar-refractivity contribution in [2.75, 3.05) is 6.61 Å². The lowest BCUT2D eigenvalue weighted by Crippen LogP contribution is -2.47. The molecule has 6 rings (SSSR count). The molecule has 0 radical (unpaired) electrons. The first-order valence-electron chi connectivity index (χ1n) is 33.1. The predicted octanol–water partition coefficient (Wildman–Crippen LogP) is 17.7. The molecular formula is C74H124B2O8Si2. The maximum absolute atomic E-state index is 9.69. The second-order valence-corrected chi connectivity index (χ2v) is 41.5. The first kappa shape index (κ1) is 75.6. The molecule has 0 aliphatic carbocycles. The van der Waals surface area contributed by atoms with E-state index in [1.807, 2.05) is 13.0 Å². The SMILES string of the molecule is CCC(CC)(c1ccc(CCC(O[Si](C)(C)C(C)(C)C)C(C)(C)C)c(C)c1)c1ccc(B(O)O)c(C)c1.CCC(CC)(c1ccc(CCC(O[Si](C)(C)C(C)(C)C)C(C)(C)C)c(C)c1)c1ccc(B2OC(C)(C)C(C)(C)O2)c(C)c1.OC1CCCO1. The van der Waals surface area contributed by atoms with Crippen LogP contribution >= 0.6 is 0 Å². The number of aliphatic hydroxyl groups excluding tert-OH is 1. The van der Waals surface area contributed by atoms with Gasteiger partial charge in [0.1, 0.15) is 0 Å². The number of benzene rings is 4. The average molecular weight is 1220 g/mol. The zero-order valence-corrected chi connectivity index (χ0v) is 62.0. The highest BCUT2D eigenvalue weighted by Gasteiger charge is 2.52. The summed E-state index contributed by atoms with van der Waals surface area (Å²) in [4.78, 5) is 0. The van der Waals surface area contributed by atoms with Crippen molar-refractivity contribution in [1.29, 1.82) is 0 Å². The topological polar surface area (TPSA) is 107 Å². The summed E-state index contributed by atoms with van der Waals surface area (Å²) in [7, 11) is -5.49. The van der Waals surface area contributed by atoms with E-state index in [1.54, 1.807) is 0 Å². The number of hydrogen-bond donors (Lipinski definition) is 3. The lowest BCUT2D eigenvalue weighted by atomic mass is 9.67. The zero-order chi connectivity index (χ0) is 65.6. The predicted molar refractivity (Wildman–Crippen MR) is 374 cm³/mol. The van der Waals surface area contributed by atoms with Crippen molar-refractivity contribution in [1.82, 2.24) is 0 Å². The molecule has 3 atom stereocenters. The van der Waals surface area contributed by atoms with E-state index in [1.165, 1.54) is 50.1 Å². The molecule has 482 valence electrons. The van der Waals surface area contributed by atoms with Gasteiger partial charge in [-0.05, 0) is 216 Å². The van der Waals surface area contributed by atoms with E-state index in [2.05, 4.69) is 252 Å². The third kappa shape index (κ3) is 18.2. The van der Waals surface area contributed by atoms with Crippen LogP contribution < -0.4 is 10.9 Å². The maximum Gasteiger partial charge on any atom is 0.495 e. The van der Waals surface area contributed by atoms with Gasteiger partial charge in [0.05, 0.1) is 23.4 Å². The highest BCUT2D eigenvalue weighted by molar-refractivity contribution is 6.74. The highest BCUT2D eigenvalue weighted by atomic mass is 28.4. The summed E-state index contributed by atoms with van der Waals surface area (Å²) in [6, 6.07) is 27.3. The molecule has 2 aliphatic heterocycles. The van der Waals surface area contributed by atoms with E-state index < -0.39 is 30.0 Å². The van der Waals surface area contributed by atoms with Gasteiger partial charge < -0.3 is 38.1 Å². The van der Waals surface area contributed by atoms with Gasteiger partial charge in [0.25, 0.3) is 0 Å². The zero-order valence-electron chi connectivity index (χ0n) is 60.0. The maximum atomic E-state index is 9.69. The summed E-state index contributed by atoms with van der Waals surface area (Å²) in [5.74, 6) is 0. The minimum absolute atomic E-state index is 0.0398. The molecular weight excluding hydrogens is 1090 g/mol. The van der Waals surface area contributed by atoms with Crippen LogP contribution in [-0.4, -0.2) is 82.3 Å². The van der Waals surface area contributed by atoms with Crippen LogP contribution in [0.5, 0.6) is 0 Å². The third-order valence-corrected chi connectivity index (χ3v) is 30.3. The summed E-state index contributed by atoms with van der Waals surface area (Å²) in [5, 5.41) is 28.3. The second-order valence-electron chi connectivity index (χ2n) is 32.0. The van der Waals surface area contributed by atoms with Crippen molar-refractivity contribution in [3.05, 3.63) is 128 Å². The van der Waals surface area contributed by atoms with E-state index in [-0.39, 0.29) is 62.3 Å². The Morgan fingerprint density at radius 1 is 0.547 bits per heavy atom. The van der Waals surface area contributed by atoms with Crippen molar-refractivity contribution in [3.63, 3.8) is 0 Å². The van der Waals surface area contributed by atoms with Crippen molar-refractivity contribution < 1.29 is 38.1 Å². The van der Waals surface area contributed by atoms with Crippen molar-refractivity contribution in [2.45, 2.75) is 307 Å². The van der Waals surface area contributed by atoms with Crippen LogP contribution in [0.2, 0.25) is 36.3 Å². The summed E-state index contributed by atoms with van der Waals surface area (Å²) in [6.45, 7) is 64.4. The quantitative estimate of drug-likeness (QED) is 0.0752. The Bertz CT molecular complexity index is 2780. The molecule has 3 unspecified atom stereocenters. The molecule has 0 amide bonds. The van der Waals surface area contributed by atoms with Gasteiger partial charge >= 0.3 is 14.2 Å². The normalized spacial score (nSPS) is 17.6. The number of ether oxygens (including phenoxy) is 1. The van der Waals surface area contributed by atoms with Gasteiger partial charge in [-0.2, -0.15) is 0 Å². The number of aryl methyl sites for hydroxylation is 6. The van der Waals surface area contributed by atoms with E-state index in [4.69, 9.17) is 28.0 Å². The molecule has 2 fully saturated rings. The molecule has 4 aromatic carbocycles. The molecule has 3 N–H and O–H groups in total. The van der Waals surface area contributed by atoms with Gasteiger partial charge in [0.2, 0.25) is 0 Å². The second kappa shape index (κ2) is 29.2. The van der Waals surface area contributed by atoms with Crippen LogP contribution in [0.3, 0.4) is 0 Å². The van der Waals surface area contributed by atoms with E-state index in [0.717, 1.165) is 81.8 Å². The number of hydrogen-bond acceptors (Lipinski definition) is 8. The minimum Gasteiger partial charge on any atom is -0.423 e. The largest absolute Gasteiger partial charge is 0.495 e. The van der Waals surface area contributed by atoms with Crippen molar-refractivity contribution in [2.24, 2.45) is 10.8 Å². The smallest absolute Gasteiger partial charge is 0.423 e. The fraction of sp³-hybridized carbons (Fsp3) is 0.676. The molecule has 4 aromatic rings. The van der Waals surface area contributed by atoms with Gasteiger partial charge in [-0.15, -0.1) is 0 Å². The molecule has 2 aliphatic rings. The van der Waals surface area contributed by atoms with Gasteiger partial charge in [0, 0.05) is 23.9 Å². The minimum atomic E-state index is -1.86. The molecule has 2 saturated heterocycles. The lowest BCUT2D eigenvalue weighted by molar-refractivity contribution is -0.0589. The first-order valence-corrected chi connectivity index (χ1v) is 38.9. The van der Waals surface area contributed by atoms with Crippen LogP contribution in [0.1, 0.15) is 245 Å². The number of aliphatic hydroxyl groups is 1. The molecule has 86 heavy (non-hydrogen) atoms. The van der Waals surface area contributed by atoms with Crippen LogP contribution in [0.15, 0.2) is 72.8 Å². The monoisotopic (exact) mass is 1220 g/mol. The first-order chi connectivity index (χ1) is 39.3. The fourth-order valence-corrected chi connectivity index (χ4v) is 15.1. The van der Waals surface area contributed by atoms with Gasteiger partial charge in [0.15, 0.2) is 22.9 Å². The van der Waals surface area contributed by atoms with Crippen LogP contribution in [0.4, 0.5) is 0 Å². The Balaban J connectivity index is 0.000000338. The van der Waals surface area contributed by atoms with E-state index >= 15 is 0 Å². The fourth-order valence-electron chi connectivity index (χ4n) is 12.0. The Morgan fingerprint density at radius 2 is 0.895 bits per heavy atom. The van der Waals surface area contributed by atoms with E-state index in [9.17, 15) is 10.0 Å². The van der Waals surface area contributed by atoms with Crippen LogP contribution in [0, 0.1) is 38.5 Å². The van der Waals surface area contributed by atoms with Gasteiger partial charge in [-0.1, -0.05) is 195 Å². The highest BCUT2D eigenvalue weighted by Crippen LogP contribution is 2.45. The molecule has 2 heterocycles. The van der Waals surface area contributed by atoms with Crippen molar-refractivity contribution >= 4 is 41.8 Å². The Hall–Kier alpha value is -2.88. The Labute approximate surface area is 530 Å². The average Bonchev–Trinajstić information content (AvgIpc) is 1.42. The molecule has 0 bridgehead atoms. The summed E-state index contributed by atoms with van der Waals surface area (Å²) in [6.07, 6.45) is 10.0. The molecule has 0 spiro atoms. The van der Waals surface area contributed by atoms with Gasteiger partial charge in [-0.3, -0.25) is 0 Å². The van der Waals surface area contributed by atoms with Crippen molar-refractivity contribution in [3.8, 4) is 0 Å². The Morgan fingerprint density at radius 3 is 1.16 bits per heavy atom. The van der Waals surface area contributed by atoms with Gasteiger partial charge in [-0.25, -0.2) is 0 Å². The van der Waals surface area contributed by atoms with E-state index in [0.29, 0.717) is 5.46 Å². The standard InChI is InChI=1S/C38H63BO3Si.C32H53BO3Si.C4H8O2/c1-17-38(18-2,31-22-23-32(28(4)26-31)39-41-36(11,12)37(13,14)42-39)30-21-19-29(27(3)25-30)20-24-33(34(5,6)7)40-43(15,16)35(8,9)10;1-13-32(14-2,27-18-19-28(33(34)35)24(4)22-27)26-17-15-25(23(3)21-26)16-20-29(30(5,6)7)36-37(11,12)31(8,9)10;5-4-2-1-3-6-4/h19,21-23,25-26,33H,17-18,20,24H2,1-16H3;15,17-19,21-22,29,34-35H,13-14,16,20H2,1-12H3;4-5H,1-3H2. The molecule has 12 heteroatoms. The Kier molecular flexibility index (Phi) is 25.6. The summed E-state index contributed by atoms with van der Waals surface area (Å²) >= 11 is 0. The molecule has 8 nitrogen and oxygen atoms in total. The molecule has 0 aromatic heterocycles. The van der Waals surface area contributed by atoms with Crippen LogP contribution in [-0.2, 0) is 46.6 Å². The lowest BCUT2D eigenvalue weighted by Gasteiger charge is -2.43. The summed E-state index contributed by atoms with van der Waals surface area (Å²) in [5.41, 5.74) is 14.1. The molecule has 0 saturated carbocycles. The van der Waals surface area contributed by atoms with Crippen LogP contribution in [0.25, 0.3) is 0 Å². The summed E-state index contributed by atoms with van der Waals surface area (Å²) < 4.78 is 31.4. The number of rotatable bonds is 20. The third-order valence-electron chi connectivity index (χ3n) is 21.3.